The molecule has 0 aliphatic heterocycles. The van der Waals surface area contributed by atoms with Crippen LogP contribution in [0, 0.1) is 19.7 Å². The molecule has 20 heavy (non-hydrogen) atoms. The van der Waals surface area contributed by atoms with E-state index < -0.39 is 0 Å². The second-order valence-electron chi connectivity index (χ2n) is 4.55. The van der Waals surface area contributed by atoms with Gasteiger partial charge in [0.2, 0.25) is 5.91 Å². The summed E-state index contributed by atoms with van der Waals surface area (Å²) in [5.41, 5.74) is 2.11. The number of rotatable bonds is 4. The van der Waals surface area contributed by atoms with Gasteiger partial charge in [-0.05, 0) is 37.6 Å². The van der Waals surface area contributed by atoms with Crippen LogP contribution in [-0.4, -0.2) is 10.5 Å². The lowest BCUT2D eigenvalue weighted by Crippen LogP contribution is -2.20. The lowest BCUT2D eigenvalue weighted by atomic mass is 10.2. The van der Waals surface area contributed by atoms with E-state index in [1.807, 2.05) is 6.92 Å². The third kappa shape index (κ3) is 3.33. The van der Waals surface area contributed by atoms with Crippen molar-refractivity contribution in [2.45, 2.75) is 26.8 Å². The fourth-order valence-electron chi connectivity index (χ4n) is 1.87. The second-order valence-corrected chi connectivity index (χ2v) is 5.37. The molecular weight excluding hydrogens is 279 g/mol. The highest BCUT2D eigenvalue weighted by molar-refractivity contribution is 7.07. The maximum absolute atomic E-state index is 13.0. The average Bonchev–Trinajstić information content (AvgIpc) is 2.70. The monoisotopic (exact) mass is 294 g/mol. The van der Waals surface area contributed by atoms with Crippen molar-refractivity contribution in [3.05, 3.63) is 50.3 Å². The van der Waals surface area contributed by atoms with Crippen LogP contribution in [0.5, 0.6) is 0 Å². The molecule has 2 aromatic rings. The Morgan fingerprint density at radius 2 is 2.15 bits per heavy atom. The van der Waals surface area contributed by atoms with E-state index in [1.165, 1.54) is 18.2 Å². The number of aryl methyl sites for hydroxylation is 2. The molecule has 6 heteroatoms. The van der Waals surface area contributed by atoms with Gasteiger partial charge in [-0.15, -0.1) is 0 Å². The van der Waals surface area contributed by atoms with E-state index in [0.717, 1.165) is 17.0 Å². The number of anilines is 1. The maximum atomic E-state index is 13.0. The zero-order valence-corrected chi connectivity index (χ0v) is 12.1. The van der Waals surface area contributed by atoms with Gasteiger partial charge in [0.1, 0.15) is 5.82 Å². The molecule has 0 unspecified atom stereocenters. The first-order valence-electron chi connectivity index (χ1n) is 6.18. The van der Waals surface area contributed by atoms with Gasteiger partial charge in [0, 0.05) is 29.7 Å². The Morgan fingerprint density at radius 1 is 1.40 bits per heavy atom. The number of aromatic nitrogens is 1. The van der Waals surface area contributed by atoms with Gasteiger partial charge in [0.05, 0.1) is 0 Å². The molecule has 0 spiro atoms. The lowest BCUT2D eigenvalue weighted by molar-refractivity contribution is -0.116. The van der Waals surface area contributed by atoms with Gasteiger partial charge >= 0.3 is 4.87 Å². The minimum Gasteiger partial charge on any atom is -0.326 e. The first-order chi connectivity index (χ1) is 9.47. The van der Waals surface area contributed by atoms with Gasteiger partial charge in [-0.2, -0.15) is 0 Å². The summed E-state index contributed by atoms with van der Waals surface area (Å²) in [5, 5.41) is 4.49. The van der Waals surface area contributed by atoms with Crippen LogP contribution in [0.15, 0.2) is 28.4 Å². The van der Waals surface area contributed by atoms with Gasteiger partial charge in [0.15, 0.2) is 0 Å². The SMILES string of the molecule is Cc1cc(F)ccc1NC(=O)CCn1c(C)csc1=O. The number of carbonyl (C=O) groups excluding carboxylic acids is 1. The standard InChI is InChI=1S/C14H15FN2O2S/c1-9-7-11(15)3-4-12(9)16-13(18)5-6-17-10(2)8-20-14(17)19/h3-4,7-8H,5-6H2,1-2H3,(H,16,18). The summed E-state index contributed by atoms with van der Waals surface area (Å²) in [5.74, 6) is -0.529. The van der Waals surface area contributed by atoms with Crippen LogP contribution in [0.25, 0.3) is 0 Å². The minimum atomic E-state index is -0.332. The molecule has 0 bridgehead atoms. The molecule has 0 saturated heterocycles. The number of hydrogen-bond donors (Lipinski definition) is 1. The van der Waals surface area contributed by atoms with E-state index in [4.69, 9.17) is 0 Å². The number of nitrogens with zero attached hydrogens (tertiary/aromatic N) is 1. The van der Waals surface area contributed by atoms with Crippen molar-refractivity contribution in [1.82, 2.24) is 4.57 Å². The first-order valence-corrected chi connectivity index (χ1v) is 7.06. The highest BCUT2D eigenvalue weighted by atomic mass is 32.1. The van der Waals surface area contributed by atoms with E-state index >= 15 is 0 Å². The molecule has 0 fully saturated rings. The highest BCUT2D eigenvalue weighted by Crippen LogP contribution is 2.15. The van der Waals surface area contributed by atoms with Crippen LogP contribution in [0.2, 0.25) is 0 Å². The smallest absolute Gasteiger partial charge is 0.307 e. The van der Waals surface area contributed by atoms with Crippen LogP contribution in [0.4, 0.5) is 10.1 Å². The Hall–Kier alpha value is -1.95. The molecule has 0 aliphatic carbocycles. The predicted octanol–water partition coefficient (Wildman–Crippen LogP) is 2.69. The zero-order valence-electron chi connectivity index (χ0n) is 11.3. The molecular formula is C14H15FN2O2S. The van der Waals surface area contributed by atoms with Crippen molar-refractivity contribution in [1.29, 1.82) is 0 Å². The fraction of sp³-hybridized carbons (Fsp3) is 0.286. The third-order valence-corrected chi connectivity index (χ3v) is 3.88. The molecule has 0 aliphatic rings. The number of halogens is 1. The molecule has 0 radical (unpaired) electrons. The summed E-state index contributed by atoms with van der Waals surface area (Å²) in [7, 11) is 0. The van der Waals surface area contributed by atoms with Crippen LogP contribution < -0.4 is 10.2 Å². The summed E-state index contributed by atoms with van der Waals surface area (Å²) in [6.45, 7) is 3.91. The van der Waals surface area contributed by atoms with Crippen molar-refractivity contribution >= 4 is 22.9 Å². The molecule has 1 aromatic carbocycles. The number of nitrogens with one attached hydrogen (secondary N) is 1. The van der Waals surface area contributed by atoms with Crippen molar-refractivity contribution in [2.75, 3.05) is 5.32 Å². The van der Waals surface area contributed by atoms with Crippen LogP contribution in [0.1, 0.15) is 17.7 Å². The molecule has 0 saturated carbocycles. The maximum Gasteiger partial charge on any atom is 0.307 e. The van der Waals surface area contributed by atoms with Gasteiger partial charge in [0.25, 0.3) is 0 Å². The quantitative estimate of drug-likeness (QED) is 0.942. The van der Waals surface area contributed by atoms with E-state index in [2.05, 4.69) is 5.32 Å². The first kappa shape index (κ1) is 14.5. The molecule has 1 heterocycles. The number of thiazole rings is 1. The molecule has 2 rings (SSSR count). The second kappa shape index (κ2) is 6.00. The summed E-state index contributed by atoms with van der Waals surface area (Å²) >= 11 is 1.12. The van der Waals surface area contributed by atoms with Gasteiger partial charge < -0.3 is 9.88 Å². The number of hydrogen-bond acceptors (Lipinski definition) is 3. The third-order valence-electron chi connectivity index (χ3n) is 3.00. The predicted molar refractivity (Wildman–Crippen MR) is 77.7 cm³/mol. The van der Waals surface area contributed by atoms with E-state index in [1.54, 1.807) is 16.9 Å². The van der Waals surface area contributed by atoms with E-state index in [-0.39, 0.29) is 23.0 Å². The van der Waals surface area contributed by atoms with Gasteiger partial charge in [-0.1, -0.05) is 11.3 Å². The lowest BCUT2D eigenvalue weighted by Gasteiger charge is -2.09. The largest absolute Gasteiger partial charge is 0.326 e. The Balaban J connectivity index is 1.98. The summed E-state index contributed by atoms with van der Waals surface area (Å²) in [4.78, 5) is 23.3. The van der Waals surface area contributed by atoms with Crippen molar-refractivity contribution < 1.29 is 9.18 Å². The van der Waals surface area contributed by atoms with Gasteiger partial charge in [-0.3, -0.25) is 9.59 Å². The van der Waals surface area contributed by atoms with E-state index in [0.29, 0.717) is 17.8 Å². The number of benzene rings is 1. The Morgan fingerprint density at radius 3 is 2.75 bits per heavy atom. The average molecular weight is 294 g/mol. The summed E-state index contributed by atoms with van der Waals surface area (Å²) < 4.78 is 14.5. The van der Waals surface area contributed by atoms with Crippen molar-refractivity contribution in [2.24, 2.45) is 0 Å². The number of carbonyl (C=O) groups is 1. The van der Waals surface area contributed by atoms with Crippen molar-refractivity contribution in [3.8, 4) is 0 Å². The zero-order chi connectivity index (χ0) is 14.7. The fourth-order valence-corrected chi connectivity index (χ4v) is 2.63. The molecule has 1 N–H and O–H groups in total. The minimum absolute atomic E-state index is 0.0618. The van der Waals surface area contributed by atoms with Crippen LogP contribution in [0.3, 0.4) is 0 Å². The Labute approximate surface area is 119 Å². The Bertz CT molecular complexity index is 691. The number of amides is 1. The van der Waals surface area contributed by atoms with E-state index in [9.17, 15) is 14.0 Å². The molecule has 1 amide bonds. The normalized spacial score (nSPS) is 10.6. The molecule has 0 atom stereocenters. The van der Waals surface area contributed by atoms with Gasteiger partial charge in [-0.25, -0.2) is 4.39 Å². The summed E-state index contributed by atoms with van der Waals surface area (Å²) in [6, 6.07) is 4.20. The summed E-state index contributed by atoms with van der Waals surface area (Å²) in [6.07, 6.45) is 0.203. The topological polar surface area (TPSA) is 51.1 Å². The van der Waals surface area contributed by atoms with Crippen LogP contribution in [-0.2, 0) is 11.3 Å². The van der Waals surface area contributed by atoms with Crippen molar-refractivity contribution in [3.63, 3.8) is 0 Å². The molecule has 106 valence electrons. The highest BCUT2D eigenvalue weighted by Gasteiger charge is 2.08. The molecule has 4 nitrogen and oxygen atoms in total. The van der Waals surface area contributed by atoms with Crippen LogP contribution >= 0.6 is 11.3 Å². The molecule has 1 aromatic heterocycles. The Kier molecular flexibility index (Phi) is 4.34.